The van der Waals surface area contributed by atoms with Crippen LogP contribution in [-0.2, 0) is 13.0 Å². The topological polar surface area (TPSA) is 96.5 Å². The van der Waals surface area contributed by atoms with E-state index in [9.17, 15) is 4.79 Å². The number of nitrogens with one attached hydrogen (secondary N) is 2. The summed E-state index contributed by atoms with van der Waals surface area (Å²) in [6.07, 6.45) is 4.06. The van der Waals surface area contributed by atoms with Crippen LogP contribution in [-0.4, -0.2) is 31.1 Å². The van der Waals surface area contributed by atoms with Crippen molar-refractivity contribution in [2.45, 2.75) is 19.9 Å². The molecule has 0 aliphatic rings. The molecular weight excluding hydrogens is 424 g/mol. The van der Waals surface area contributed by atoms with Crippen LogP contribution in [0.5, 0.6) is 0 Å². The summed E-state index contributed by atoms with van der Waals surface area (Å²) < 4.78 is 0. The van der Waals surface area contributed by atoms with Gasteiger partial charge in [0.05, 0.1) is 23.3 Å². The average Bonchev–Trinajstić information content (AvgIpc) is 3.19. The zero-order valence-corrected chi connectivity index (χ0v) is 18.0. The van der Waals surface area contributed by atoms with E-state index in [-0.39, 0.29) is 18.3 Å². The van der Waals surface area contributed by atoms with Gasteiger partial charge in [0.25, 0.3) is 5.91 Å². The highest BCUT2D eigenvalue weighted by atomic mass is 35.5. The Morgan fingerprint density at radius 1 is 1.06 bits per heavy atom. The van der Waals surface area contributed by atoms with Crippen molar-refractivity contribution in [3.05, 3.63) is 94.3 Å². The minimum atomic E-state index is -0.352. The van der Waals surface area contributed by atoms with Gasteiger partial charge in [-0.15, -0.1) is 0 Å². The van der Waals surface area contributed by atoms with Crippen molar-refractivity contribution in [3.8, 4) is 0 Å². The van der Waals surface area contributed by atoms with Gasteiger partial charge in [-0.25, -0.2) is 9.97 Å². The lowest BCUT2D eigenvalue weighted by Crippen LogP contribution is -2.25. The Hall–Kier alpha value is -3.84. The van der Waals surface area contributed by atoms with E-state index in [4.69, 9.17) is 11.6 Å². The molecule has 0 unspecified atom stereocenters. The lowest BCUT2D eigenvalue weighted by Gasteiger charge is -2.07. The number of carbonyl (C=O) groups excluding carboxylic acids is 1. The monoisotopic (exact) mass is 442 g/mol. The van der Waals surface area contributed by atoms with Gasteiger partial charge in [-0.1, -0.05) is 17.7 Å². The van der Waals surface area contributed by atoms with Crippen LogP contribution in [0.1, 0.15) is 33.1 Å². The molecule has 1 amide bonds. The highest BCUT2D eigenvalue weighted by Gasteiger charge is 2.12. The second-order valence-electron chi connectivity index (χ2n) is 7.63. The van der Waals surface area contributed by atoms with Crippen LogP contribution in [0.4, 0.5) is 0 Å². The van der Waals surface area contributed by atoms with Crippen molar-refractivity contribution in [1.29, 1.82) is 0 Å². The lowest BCUT2D eigenvalue weighted by molar-refractivity contribution is 0.0940. The molecule has 2 N–H and O–H groups in total. The molecule has 0 aliphatic carbocycles. The number of H-pyrrole nitrogens is 1. The minimum absolute atomic E-state index is 0.127. The predicted octanol–water partition coefficient (Wildman–Crippen LogP) is 4.38. The second-order valence-corrected chi connectivity index (χ2v) is 8.07. The number of halogens is 1. The number of carbonyl (C=O) groups is 1. The molecule has 5 aromatic rings. The van der Waals surface area contributed by atoms with E-state index < -0.39 is 0 Å². The molecule has 8 heteroatoms. The van der Waals surface area contributed by atoms with Crippen molar-refractivity contribution >= 4 is 39.3 Å². The van der Waals surface area contributed by atoms with Gasteiger partial charge in [-0.2, -0.15) is 5.10 Å². The Bertz CT molecular complexity index is 1460. The van der Waals surface area contributed by atoms with Crippen molar-refractivity contribution in [2.75, 3.05) is 0 Å². The third-order valence-electron chi connectivity index (χ3n) is 5.20. The Balaban J connectivity index is 1.31. The van der Waals surface area contributed by atoms with Gasteiger partial charge in [0.1, 0.15) is 0 Å². The van der Waals surface area contributed by atoms with E-state index in [1.807, 2.05) is 43.5 Å². The normalized spacial score (nSPS) is 11.2. The maximum Gasteiger partial charge on any atom is 0.289 e. The molecule has 0 atom stereocenters. The summed E-state index contributed by atoms with van der Waals surface area (Å²) in [5.74, 6) is -0.224. The molecule has 7 nitrogen and oxygen atoms in total. The maximum absolute atomic E-state index is 12.7. The van der Waals surface area contributed by atoms with Gasteiger partial charge in [0.2, 0.25) is 5.82 Å². The van der Waals surface area contributed by atoms with E-state index in [1.165, 1.54) is 0 Å². The van der Waals surface area contributed by atoms with Gasteiger partial charge in [0.15, 0.2) is 0 Å². The summed E-state index contributed by atoms with van der Waals surface area (Å²) in [6, 6.07) is 15.5. The fraction of sp³-hybridized carbons (Fsp3) is 0.125. The standard InChI is InChI=1S/C24H19ClN6O/c1-14-8-16-9-15(2-4-20(16)27-12-14)10-18-6-7-26-23(29-18)24(32)28-13-22-19-11-17(25)3-5-21(19)30-31-22/h2-9,11-12H,10,13H2,1H3,(H,28,32)(H,30,31). The quantitative estimate of drug-likeness (QED) is 0.421. The number of hydrogen-bond donors (Lipinski definition) is 2. The third-order valence-corrected chi connectivity index (χ3v) is 5.44. The molecule has 0 bridgehead atoms. The fourth-order valence-electron chi connectivity index (χ4n) is 3.63. The van der Waals surface area contributed by atoms with Crippen molar-refractivity contribution < 1.29 is 4.79 Å². The number of hydrogen-bond acceptors (Lipinski definition) is 5. The van der Waals surface area contributed by atoms with E-state index in [0.29, 0.717) is 11.4 Å². The smallest absolute Gasteiger partial charge is 0.289 e. The van der Waals surface area contributed by atoms with Gasteiger partial charge < -0.3 is 5.32 Å². The summed E-state index contributed by atoms with van der Waals surface area (Å²) in [7, 11) is 0. The number of aromatic nitrogens is 5. The van der Waals surface area contributed by atoms with Crippen LogP contribution in [0.2, 0.25) is 5.02 Å². The van der Waals surface area contributed by atoms with E-state index in [2.05, 4.69) is 42.6 Å². The van der Waals surface area contributed by atoms with Gasteiger partial charge in [-0.3, -0.25) is 14.9 Å². The lowest BCUT2D eigenvalue weighted by atomic mass is 10.1. The fourth-order valence-corrected chi connectivity index (χ4v) is 3.80. The minimum Gasteiger partial charge on any atom is -0.344 e. The van der Waals surface area contributed by atoms with Crippen LogP contribution >= 0.6 is 11.6 Å². The number of pyridine rings is 1. The molecule has 0 aliphatic heterocycles. The number of rotatable bonds is 5. The summed E-state index contributed by atoms with van der Waals surface area (Å²) in [5, 5.41) is 12.6. The van der Waals surface area contributed by atoms with E-state index in [0.717, 1.165) is 44.3 Å². The number of amides is 1. The first-order chi connectivity index (χ1) is 15.5. The van der Waals surface area contributed by atoms with E-state index >= 15 is 0 Å². The van der Waals surface area contributed by atoms with Crippen LogP contribution in [0, 0.1) is 6.92 Å². The summed E-state index contributed by atoms with van der Waals surface area (Å²) >= 11 is 6.08. The highest BCUT2D eigenvalue weighted by Crippen LogP contribution is 2.21. The molecular formula is C24H19ClN6O. The zero-order valence-electron chi connectivity index (χ0n) is 17.3. The number of nitrogens with zero attached hydrogens (tertiary/aromatic N) is 4. The predicted molar refractivity (Wildman–Crippen MR) is 124 cm³/mol. The van der Waals surface area contributed by atoms with Gasteiger partial charge in [0, 0.05) is 40.3 Å². The number of benzene rings is 2. The summed E-state index contributed by atoms with van der Waals surface area (Å²) in [5.41, 5.74) is 5.49. The Labute approximate surface area is 188 Å². The molecule has 5 rings (SSSR count). The van der Waals surface area contributed by atoms with Gasteiger partial charge >= 0.3 is 0 Å². The van der Waals surface area contributed by atoms with Crippen LogP contribution in [0.3, 0.4) is 0 Å². The first-order valence-corrected chi connectivity index (χ1v) is 10.5. The van der Waals surface area contributed by atoms with Crippen LogP contribution in [0.25, 0.3) is 21.8 Å². The Morgan fingerprint density at radius 2 is 1.94 bits per heavy atom. The SMILES string of the molecule is Cc1cnc2ccc(Cc3ccnc(C(=O)NCc4[nH]nc5ccc(Cl)cc45)n3)cc2c1. The molecule has 32 heavy (non-hydrogen) atoms. The summed E-state index contributed by atoms with van der Waals surface area (Å²) in [6.45, 7) is 2.29. The molecule has 0 saturated heterocycles. The first-order valence-electron chi connectivity index (χ1n) is 10.1. The largest absolute Gasteiger partial charge is 0.344 e. The average molecular weight is 443 g/mol. The van der Waals surface area contributed by atoms with Crippen LogP contribution < -0.4 is 5.32 Å². The van der Waals surface area contributed by atoms with Gasteiger partial charge in [-0.05, 0) is 60.5 Å². The van der Waals surface area contributed by atoms with E-state index in [1.54, 1.807) is 12.3 Å². The molecule has 0 spiro atoms. The molecule has 0 radical (unpaired) electrons. The molecule has 3 heterocycles. The number of fused-ring (bicyclic) bond motifs is 2. The Morgan fingerprint density at radius 3 is 2.84 bits per heavy atom. The molecule has 158 valence electrons. The Kier molecular flexibility index (Phi) is 5.25. The number of aromatic amines is 1. The van der Waals surface area contributed by atoms with Crippen molar-refractivity contribution in [1.82, 2.24) is 30.5 Å². The second kappa shape index (κ2) is 8.36. The summed E-state index contributed by atoms with van der Waals surface area (Å²) in [4.78, 5) is 25.7. The molecule has 3 aromatic heterocycles. The number of aryl methyl sites for hydroxylation is 1. The first kappa shape index (κ1) is 20.1. The highest BCUT2D eigenvalue weighted by molar-refractivity contribution is 6.31. The van der Waals surface area contributed by atoms with Crippen LogP contribution in [0.15, 0.2) is 60.9 Å². The maximum atomic E-state index is 12.7. The zero-order chi connectivity index (χ0) is 22.1. The third kappa shape index (κ3) is 4.15. The molecule has 0 fully saturated rings. The van der Waals surface area contributed by atoms with Crippen molar-refractivity contribution in [3.63, 3.8) is 0 Å². The molecule has 0 saturated carbocycles. The molecule has 2 aromatic carbocycles. The van der Waals surface area contributed by atoms with Crippen molar-refractivity contribution in [2.24, 2.45) is 0 Å².